The summed E-state index contributed by atoms with van der Waals surface area (Å²) in [6, 6.07) is 12.0. The lowest BCUT2D eigenvalue weighted by Gasteiger charge is -2.24. The molecule has 0 radical (unpaired) electrons. The Morgan fingerprint density at radius 1 is 1.17 bits per heavy atom. The van der Waals surface area contributed by atoms with Gasteiger partial charge in [0.15, 0.2) is 0 Å². The summed E-state index contributed by atoms with van der Waals surface area (Å²) in [7, 11) is -3.48. The van der Waals surface area contributed by atoms with Crippen molar-refractivity contribution in [2.45, 2.75) is 31.7 Å². The van der Waals surface area contributed by atoms with Crippen LogP contribution in [0.1, 0.15) is 25.0 Å². The van der Waals surface area contributed by atoms with Crippen molar-refractivity contribution in [2.24, 2.45) is 5.92 Å². The van der Waals surface area contributed by atoms with Crippen molar-refractivity contribution in [3.63, 3.8) is 0 Å². The van der Waals surface area contributed by atoms with Crippen LogP contribution >= 0.6 is 11.6 Å². The molecule has 1 aliphatic rings. The molecule has 3 rings (SSSR count). The monoisotopic (exact) mass is 436 g/mol. The lowest BCUT2D eigenvalue weighted by molar-refractivity contribution is -0.126. The number of nitrogens with one attached hydrogen (secondary N) is 1. The average molecular weight is 437 g/mol. The van der Waals surface area contributed by atoms with E-state index in [2.05, 4.69) is 5.32 Å². The molecule has 0 unspecified atom stereocenters. The molecular weight excluding hydrogens is 412 g/mol. The second-order valence-electron chi connectivity index (χ2n) is 6.92. The summed E-state index contributed by atoms with van der Waals surface area (Å²) in [6.07, 6.45) is 0.572. The van der Waals surface area contributed by atoms with Crippen LogP contribution in [0.4, 0.5) is 0 Å². The zero-order valence-corrected chi connectivity index (χ0v) is 18.1. The van der Waals surface area contributed by atoms with Crippen LogP contribution in [-0.2, 0) is 27.8 Å². The second kappa shape index (κ2) is 9.15. The Bertz CT molecular complexity index is 973. The molecule has 6 nitrogen and oxygen atoms in total. The fourth-order valence-electron chi connectivity index (χ4n) is 3.36. The summed E-state index contributed by atoms with van der Waals surface area (Å²) in [4.78, 5) is 12.8. The van der Waals surface area contributed by atoms with Crippen molar-refractivity contribution >= 4 is 27.5 Å². The molecule has 0 saturated carbocycles. The molecule has 0 bridgehead atoms. The maximum absolute atomic E-state index is 12.5. The Hall–Kier alpha value is -2.09. The standard InChI is InChI=1S/C21H25ClN2O4S/c1-3-24(4-2)29(26,27)19-8-5-15(6-9-19)13-23-21(25)17-11-16-12-18(22)7-10-20(16)28-14-17/h5-10,12,17H,3-4,11,13-14H2,1-2H3,(H,23,25)/t17-/m0/s1. The van der Waals surface area contributed by atoms with Crippen molar-refractivity contribution in [1.82, 2.24) is 9.62 Å². The summed E-state index contributed by atoms with van der Waals surface area (Å²) >= 11 is 6.03. The number of carbonyl (C=O) groups is 1. The van der Waals surface area contributed by atoms with Crippen molar-refractivity contribution in [3.05, 3.63) is 58.6 Å². The molecule has 2 aromatic carbocycles. The van der Waals surface area contributed by atoms with E-state index in [1.165, 1.54) is 4.31 Å². The van der Waals surface area contributed by atoms with Gasteiger partial charge in [-0.15, -0.1) is 0 Å². The topological polar surface area (TPSA) is 75.7 Å². The number of rotatable bonds is 7. The lowest BCUT2D eigenvalue weighted by Crippen LogP contribution is -2.37. The number of ether oxygens (including phenoxy) is 1. The van der Waals surface area contributed by atoms with Gasteiger partial charge in [-0.25, -0.2) is 8.42 Å². The van der Waals surface area contributed by atoms with Gasteiger partial charge in [-0.05, 0) is 47.9 Å². The first-order valence-corrected chi connectivity index (χ1v) is 11.4. The highest BCUT2D eigenvalue weighted by molar-refractivity contribution is 7.89. The largest absolute Gasteiger partial charge is 0.492 e. The number of hydrogen-bond acceptors (Lipinski definition) is 4. The van der Waals surface area contributed by atoms with E-state index < -0.39 is 10.0 Å². The third-order valence-electron chi connectivity index (χ3n) is 5.03. The molecule has 1 atom stereocenters. The van der Waals surface area contributed by atoms with E-state index >= 15 is 0 Å². The predicted octanol–water partition coefficient (Wildman–Crippen LogP) is 3.24. The second-order valence-corrected chi connectivity index (χ2v) is 9.29. The van der Waals surface area contributed by atoms with Gasteiger partial charge in [0.25, 0.3) is 0 Å². The Morgan fingerprint density at radius 2 is 1.86 bits per heavy atom. The Balaban J connectivity index is 1.60. The first kappa shape index (κ1) is 21.6. The molecule has 29 heavy (non-hydrogen) atoms. The first-order valence-electron chi connectivity index (χ1n) is 9.63. The van der Waals surface area contributed by atoms with E-state index in [1.54, 1.807) is 30.3 Å². The summed E-state index contributed by atoms with van der Waals surface area (Å²) < 4.78 is 32.2. The van der Waals surface area contributed by atoms with E-state index in [4.69, 9.17) is 16.3 Å². The lowest BCUT2D eigenvalue weighted by atomic mass is 9.96. The summed E-state index contributed by atoms with van der Waals surface area (Å²) in [5.41, 5.74) is 1.76. The van der Waals surface area contributed by atoms with E-state index in [0.29, 0.717) is 37.7 Å². The highest BCUT2D eigenvalue weighted by atomic mass is 35.5. The number of benzene rings is 2. The first-order chi connectivity index (χ1) is 13.8. The molecule has 1 aliphatic heterocycles. The van der Waals surface area contributed by atoms with Gasteiger partial charge in [-0.3, -0.25) is 4.79 Å². The molecule has 8 heteroatoms. The number of hydrogen-bond donors (Lipinski definition) is 1. The Labute approximate surface area is 176 Å². The van der Waals surface area contributed by atoms with E-state index in [9.17, 15) is 13.2 Å². The quantitative estimate of drug-likeness (QED) is 0.722. The van der Waals surface area contributed by atoms with E-state index in [1.807, 2.05) is 26.0 Å². The highest BCUT2D eigenvalue weighted by Crippen LogP contribution is 2.29. The highest BCUT2D eigenvalue weighted by Gasteiger charge is 2.26. The molecule has 0 aromatic heterocycles. The number of fused-ring (bicyclic) bond motifs is 1. The molecule has 1 heterocycles. The number of sulfonamides is 1. The number of nitrogens with zero attached hydrogens (tertiary/aromatic N) is 1. The zero-order valence-electron chi connectivity index (χ0n) is 16.5. The zero-order chi connectivity index (χ0) is 21.0. The van der Waals surface area contributed by atoms with Crippen molar-refractivity contribution in [3.8, 4) is 5.75 Å². The molecule has 1 amide bonds. The van der Waals surface area contributed by atoms with Gasteiger partial charge in [0, 0.05) is 24.7 Å². The predicted molar refractivity (Wildman–Crippen MR) is 113 cm³/mol. The molecule has 0 fully saturated rings. The average Bonchev–Trinajstić information content (AvgIpc) is 2.72. The minimum Gasteiger partial charge on any atom is -0.492 e. The minimum atomic E-state index is -3.48. The van der Waals surface area contributed by atoms with Gasteiger partial charge >= 0.3 is 0 Å². The maximum Gasteiger partial charge on any atom is 0.243 e. The normalized spacial score (nSPS) is 16.2. The smallest absolute Gasteiger partial charge is 0.243 e. The van der Waals surface area contributed by atoms with Crippen LogP contribution in [0.15, 0.2) is 47.4 Å². The van der Waals surface area contributed by atoms with Crippen LogP contribution in [0.3, 0.4) is 0 Å². The molecule has 0 spiro atoms. The van der Waals surface area contributed by atoms with E-state index in [0.717, 1.165) is 16.9 Å². The molecule has 0 saturated heterocycles. The maximum atomic E-state index is 12.5. The van der Waals surface area contributed by atoms with Crippen LogP contribution in [-0.4, -0.2) is 38.3 Å². The Morgan fingerprint density at radius 3 is 2.52 bits per heavy atom. The van der Waals surface area contributed by atoms with Gasteiger partial charge in [0.2, 0.25) is 15.9 Å². The number of halogens is 1. The molecule has 156 valence electrons. The number of carbonyl (C=O) groups excluding carboxylic acids is 1. The van der Waals surface area contributed by atoms with Crippen LogP contribution in [0.5, 0.6) is 5.75 Å². The molecule has 0 aliphatic carbocycles. The van der Waals surface area contributed by atoms with Gasteiger partial charge in [0.05, 0.1) is 10.8 Å². The molecular formula is C21H25ClN2O4S. The van der Waals surface area contributed by atoms with Gasteiger partial charge in [-0.2, -0.15) is 4.31 Å². The SMILES string of the molecule is CCN(CC)S(=O)(=O)c1ccc(CNC(=O)[C@@H]2COc3ccc(Cl)cc3C2)cc1. The minimum absolute atomic E-state index is 0.101. The Kier molecular flexibility index (Phi) is 6.82. The van der Waals surface area contributed by atoms with Crippen molar-refractivity contribution in [1.29, 1.82) is 0 Å². The molecule has 2 aromatic rings. The summed E-state index contributed by atoms with van der Waals surface area (Å²) in [5.74, 6) is 0.377. The van der Waals surface area contributed by atoms with E-state index in [-0.39, 0.29) is 16.7 Å². The number of amides is 1. The van der Waals surface area contributed by atoms with Crippen LogP contribution in [0.25, 0.3) is 0 Å². The fraction of sp³-hybridized carbons (Fsp3) is 0.381. The van der Waals surface area contributed by atoms with Crippen LogP contribution in [0.2, 0.25) is 5.02 Å². The summed E-state index contributed by atoms with van der Waals surface area (Å²) in [5, 5.41) is 3.52. The van der Waals surface area contributed by atoms with Crippen LogP contribution in [0, 0.1) is 5.92 Å². The summed E-state index contributed by atoms with van der Waals surface area (Å²) in [6.45, 7) is 5.12. The third-order valence-corrected chi connectivity index (χ3v) is 7.33. The van der Waals surface area contributed by atoms with Gasteiger partial charge in [0.1, 0.15) is 12.4 Å². The fourth-order valence-corrected chi connectivity index (χ4v) is 5.01. The third kappa shape index (κ3) is 4.91. The van der Waals surface area contributed by atoms with Crippen molar-refractivity contribution < 1.29 is 17.9 Å². The van der Waals surface area contributed by atoms with Crippen LogP contribution < -0.4 is 10.1 Å². The van der Waals surface area contributed by atoms with Gasteiger partial charge < -0.3 is 10.1 Å². The van der Waals surface area contributed by atoms with Gasteiger partial charge in [-0.1, -0.05) is 37.6 Å². The van der Waals surface area contributed by atoms with Crippen molar-refractivity contribution in [2.75, 3.05) is 19.7 Å². The molecule has 1 N–H and O–H groups in total.